The predicted molar refractivity (Wildman–Crippen MR) is 112 cm³/mol. The van der Waals surface area contributed by atoms with Gasteiger partial charge in [0, 0.05) is 18.7 Å². The van der Waals surface area contributed by atoms with Gasteiger partial charge in [-0.25, -0.2) is 0 Å². The van der Waals surface area contributed by atoms with Crippen molar-refractivity contribution >= 4 is 39.4 Å². The summed E-state index contributed by atoms with van der Waals surface area (Å²) in [5.74, 6) is -0.430. The highest BCUT2D eigenvalue weighted by Gasteiger charge is 1.98. The summed E-state index contributed by atoms with van der Waals surface area (Å²) in [7, 11) is 0. The molecule has 3 N–H and O–H groups in total. The Balaban J connectivity index is 0.000000501. The molecule has 0 aliphatic carbocycles. The van der Waals surface area contributed by atoms with Gasteiger partial charge < -0.3 is 15.5 Å². The number of fused-ring (bicyclic) bond motifs is 1. The van der Waals surface area contributed by atoms with E-state index < -0.39 is 5.97 Å². The average Bonchev–Trinajstić information content (AvgIpc) is 2.63. The molecule has 5 heteroatoms. The molecule has 26 heavy (non-hydrogen) atoms. The van der Waals surface area contributed by atoms with E-state index in [4.69, 9.17) is 5.11 Å². The number of carboxylic acid groups (broad SMARTS) is 1. The van der Waals surface area contributed by atoms with E-state index in [1.807, 2.05) is 24.3 Å². The largest absolute Gasteiger partial charge is 0.508 e. The van der Waals surface area contributed by atoms with Crippen LogP contribution in [0.5, 0.6) is 5.75 Å². The Kier molecular flexibility index (Phi) is 9.23. The van der Waals surface area contributed by atoms with E-state index >= 15 is 0 Å². The Labute approximate surface area is 164 Å². The summed E-state index contributed by atoms with van der Waals surface area (Å²) in [5, 5.41) is 22.8. The molecule has 0 saturated heterocycles. The molecule has 138 valence electrons. The van der Waals surface area contributed by atoms with Crippen LogP contribution in [0.15, 0.2) is 66.7 Å². The number of carbonyl (C=O) groups is 1. The molecule has 0 radical (unpaired) electrons. The number of benzene rings is 3. The minimum Gasteiger partial charge on any atom is -0.508 e. The fourth-order valence-electron chi connectivity index (χ4n) is 2.35. The van der Waals surface area contributed by atoms with E-state index in [0.29, 0.717) is 5.75 Å². The second-order valence-electron chi connectivity index (χ2n) is 5.66. The summed E-state index contributed by atoms with van der Waals surface area (Å²) in [6, 6.07) is 22.1. The molecule has 0 saturated carbocycles. The standard InChI is InChI=1S/C18H17NO.C3H6O2.BrH/c20-18-9-8-15-12-14(6-7-16(15)13-18)10-11-19-17-4-2-1-3-5-17;1-2-3(4)5;/h1-9,12-13,19-20H,10-11H2;2H2,1H3,(H,4,5);1H. The number of para-hydroxylation sites is 1. The first-order valence-corrected chi connectivity index (χ1v) is 8.31. The van der Waals surface area contributed by atoms with Crippen LogP contribution in [-0.2, 0) is 11.2 Å². The number of nitrogens with one attached hydrogen (secondary N) is 1. The van der Waals surface area contributed by atoms with Crippen LogP contribution in [0, 0.1) is 0 Å². The maximum absolute atomic E-state index is 9.46. The molecule has 0 aromatic heterocycles. The topological polar surface area (TPSA) is 69.6 Å². The van der Waals surface area contributed by atoms with E-state index in [2.05, 4.69) is 35.6 Å². The maximum Gasteiger partial charge on any atom is 0.303 e. The fourth-order valence-corrected chi connectivity index (χ4v) is 2.35. The van der Waals surface area contributed by atoms with Crippen molar-refractivity contribution in [1.82, 2.24) is 0 Å². The van der Waals surface area contributed by atoms with Crippen molar-refractivity contribution in [2.24, 2.45) is 0 Å². The monoisotopic (exact) mass is 417 g/mol. The van der Waals surface area contributed by atoms with Crippen molar-refractivity contribution in [2.75, 3.05) is 11.9 Å². The minimum absolute atomic E-state index is 0. The quantitative estimate of drug-likeness (QED) is 0.529. The lowest BCUT2D eigenvalue weighted by atomic mass is 10.0. The summed E-state index contributed by atoms with van der Waals surface area (Å²) < 4.78 is 0. The molecule has 0 aliphatic rings. The van der Waals surface area contributed by atoms with Gasteiger partial charge >= 0.3 is 5.97 Å². The van der Waals surface area contributed by atoms with Crippen LogP contribution >= 0.6 is 17.0 Å². The van der Waals surface area contributed by atoms with E-state index in [0.717, 1.165) is 24.0 Å². The Morgan fingerprint density at radius 2 is 1.58 bits per heavy atom. The molecule has 0 fully saturated rings. The SMILES string of the molecule is Br.CCC(=O)O.Oc1ccc2cc(CCNc3ccccc3)ccc2c1. The van der Waals surface area contributed by atoms with Crippen molar-refractivity contribution in [1.29, 1.82) is 0 Å². The Morgan fingerprint density at radius 3 is 2.23 bits per heavy atom. The minimum atomic E-state index is -0.745. The van der Waals surface area contributed by atoms with Crippen molar-refractivity contribution in [3.8, 4) is 5.75 Å². The van der Waals surface area contributed by atoms with Gasteiger partial charge in [0.05, 0.1) is 0 Å². The highest BCUT2D eigenvalue weighted by Crippen LogP contribution is 2.21. The van der Waals surface area contributed by atoms with Crippen molar-refractivity contribution in [3.63, 3.8) is 0 Å². The Morgan fingerprint density at radius 1 is 0.962 bits per heavy atom. The number of hydrogen-bond acceptors (Lipinski definition) is 3. The molecule has 0 spiro atoms. The van der Waals surface area contributed by atoms with Gasteiger partial charge in [-0.2, -0.15) is 0 Å². The molecule has 4 nitrogen and oxygen atoms in total. The number of phenolic OH excluding ortho intramolecular Hbond substituents is 1. The molecule has 0 aliphatic heterocycles. The van der Waals surface area contributed by atoms with Crippen LogP contribution < -0.4 is 5.32 Å². The summed E-state index contributed by atoms with van der Waals surface area (Å²) in [6.07, 6.45) is 1.20. The molecule has 3 rings (SSSR count). The number of rotatable bonds is 5. The average molecular weight is 418 g/mol. The number of anilines is 1. The lowest BCUT2D eigenvalue weighted by Crippen LogP contribution is -2.04. The maximum atomic E-state index is 9.46. The summed E-state index contributed by atoms with van der Waals surface area (Å²) >= 11 is 0. The molecule has 0 amide bonds. The zero-order valence-corrected chi connectivity index (χ0v) is 16.4. The summed E-state index contributed by atoms with van der Waals surface area (Å²) in [5.41, 5.74) is 2.45. The fraction of sp³-hybridized carbons (Fsp3) is 0.190. The van der Waals surface area contributed by atoms with Gasteiger partial charge in [0.15, 0.2) is 0 Å². The molecular weight excluding hydrogens is 394 g/mol. The van der Waals surface area contributed by atoms with Gasteiger partial charge in [-0.15, -0.1) is 17.0 Å². The van der Waals surface area contributed by atoms with Gasteiger partial charge in [0.1, 0.15) is 5.75 Å². The molecule has 0 atom stereocenters. The van der Waals surface area contributed by atoms with E-state index in [-0.39, 0.29) is 23.4 Å². The number of aromatic hydroxyl groups is 1. The van der Waals surface area contributed by atoms with Crippen molar-refractivity contribution in [3.05, 3.63) is 72.3 Å². The third kappa shape index (κ3) is 7.15. The van der Waals surface area contributed by atoms with Crippen LogP contribution in [0.2, 0.25) is 0 Å². The molecule has 0 unspecified atom stereocenters. The van der Waals surface area contributed by atoms with Crippen LogP contribution in [0.1, 0.15) is 18.9 Å². The molecular formula is C21H24BrNO3. The zero-order chi connectivity index (χ0) is 18.1. The number of halogens is 1. The van der Waals surface area contributed by atoms with Gasteiger partial charge in [-0.05, 0) is 47.0 Å². The van der Waals surface area contributed by atoms with Gasteiger partial charge in [0.2, 0.25) is 0 Å². The van der Waals surface area contributed by atoms with Crippen molar-refractivity contribution < 1.29 is 15.0 Å². The van der Waals surface area contributed by atoms with Crippen LogP contribution in [0.4, 0.5) is 5.69 Å². The normalized spacial score (nSPS) is 9.58. The number of aliphatic carboxylic acids is 1. The second-order valence-corrected chi connectivity index (χ2v) is 5.66. The second kappa shape index (κ2) is 11.2. The first-order valence-electron chi connectivity index (χ1n) is 8.31. The molecule has 0 heterocycles. The predicted octanol–water partition coefficient (Wildman–Crippen LogP) is 5.26. The van der Waals surface area contributed by atoms with E-state index in [1.54, 1.807) is 19.1 Å². The van der Waals surface area contributed by atoms with Crippen LogP contribution in [0.3, 0.4) is 0 Å². The Bertz CT molecular complexity index is 822. The third-order valence-electron chi connectivity index (χ3n) is 3.71. The summed E-state index contributed by atoms with van der Waals surface area (Å²) in [6.45, 7) is 2.51. The molecule has 0 bridgehead atoms. The van der Waals surface area contributed by atoms with E-state index in [9.17, 15) is 9.90 Å². The van der Waals surface area contributed by atoms with Gasteiger partial charge in [0.25, 0.3) is 0 Å². The van der Waals surface area contributed by atoms with Gasteiger partial charge in [-0.3, -0.25) is 4.79 Å². The van der Waals surface area contributed by atoms with Crippen LogP contribution in [-0.4, -0.2) is 22.7 Å². The lowest BCUT2D eigenvalue weighted by molar-refractivity contribution is -0.136. The number of carboxylic acids is 1. The highest BCUT2D eigenvalue weighted by atomic mass is 79.9. The van der Waals surface area contributed by atoms with Crippen molar-refractivity contribution in [2.45, 2.75) is 19.8 Å². The van der Waals surface area contributed by atoms with E-state index in [1.165, 1.54) is 10.9 Å². The third-order valence-corrected chi connectivity index (χ3v) is 3.71. The van der Waals surface area contributed by atoms with Gasteiger partial charge in [-0.1, -0.05) is 49.4 Å². The molecule has 3 aromatic rings. The summed E-state index contributed by atoms with van der Waals surface area (Å²) in [4.78, 5) is 9.37. The van der Waals surface area contributed by atoms with Crippen LogP contribution in [0.25, 0.3) is 10.8 Å². The number of hydrogen-bond donors (Lipinski definition) is 3. The highest BCUT2D eigenvalue weighted by molar-refractivity contribution is 8.93. The first-order chi connectivity index (χ1) is 12.1. The number of phenols is 1. The Hall–Kier alpha value is -2.53. The molecule has 3 aromatic carbocycles. The smallest absolute Gasteiger partial charge is 0.303 e. The lowest BCUT2D eigenvalue weighted by Gasteiger charge is -2.07. The zero-order valence-electron chi connectivity index (χ0n) is 14.7. The first kappa shape index (κ1) is 21.5.